The van der Waals surface area contributed by atoms with E-state index in [1.165, 1.54) is 18.1 Å². The second-order valence-corrected chi connectivity index (χ2v) is 11.4. The van der Waals surface area contributed by atoms with E-state index in [4.69, 9.17) is 19.1 Å². The van der Waals surface area contributed by atoms with Crippen LogP contribution in [0.25, 0.3) is 10.9 Å². The molecule has 3 aromatic carbocycles. The molecule has 0 aliphatic rings. The van der Waals surface area contributed by atoms with Crippen molar-refractivity contribution in [2.45, 2.75) is 39.3 Å². The summed E-state index contributed by atoms with van der Waals surface area (Å²) < 4.78 is 25.8. The van der Waals surface area contributed by atoms with Gasteiger partial charge in [-0.25, -0.2) is 4.79 Å². The Bertz CT molecular complexity index is 1400. The molecule has 0 bridgehead atoms. The van der Waals surface area contributed by atoms with E-state index in [1.807, 2.05) is 104 Å². The number of aliphatic hydroxyl groups is 1. The third kappa shape index (κ3) is 18.9. The maximum atomic E-state index is 11.7. The number of rotatable bonds is 15. The molecule has 0 fully saturated rings. The Hall–Kier alpha value is -4.09. The molecule has 0 saturated carbocycles. The average molecular weight is 685 g/mol. The van der Waals surface area contributed by atoms with Gasteiger partial charge in [0.1, 0.15) is 20.0 Å². The Morgan fingerprint density at radius 1 is 0.938 bits per heavy atom. The summed E-state index contributed by atoms with van der Waals surface area (Å²) in [5.41, 5.74) is 4.14. The summed E-state index contributed by atoms with van der Waals surface area (Å²) in [5.74, 6) is 0. The lowest BCUT2D eigenvalue weighted by molar-refractivity contribution is -0.129. The number of fused-ring (bicyclic) bond motifs is 1. The number of likely N-dealkylation sites (N-methyl/N-ethyl adjacent to an activating group) is 1. The van der Waals surface area contributed by atoms with Crippen molar-refractivity contribution in [3.05, 3.63) is 120 Å². The van der Waals surface area contributed by atoms with Gasteiger partial charge in [0.2, 0.25) is 6.79 Å². The van der Waals surface area contributed by atoms with Gasteiger partial charge in [0.15, 0.2) is 8.38 Å². The number of para-hydroxylation sites is 1. The lowest BCUT2D eigenvalue weighted by Gasteiger charge is -2.13. The van der Waals surface area contributed by atoms with Gasteiger partial charge in [-0.3, -0.25) is 9.32 Å². The van der Waals surface area contributed by atoms with Gasteiger partial charge in [0.05, 0.1) is 6.29 Å². The van der Waals surface area contributed by atoms with E-state index in [2.05, 4.69) is 40.1 Å². The maximum absolute atomic E-state index is 11.7. The summed E-state index contributed by atoms with van der Waals surface area (Å²) in [6, 6.07) is 27.0. The largest absolute Gasteiger partial charge is 0.510 e. The number of carbonyl (C=O) groups is 2. The van der Waals surface area contributed by atoms with Crippen LogP contribution in [-0.4, -0.2) is 73.4 Å². The quantitative estimate of drug-likeness (QED) is 0.0451. The number of carbonyl (C=O) groups excluding carboxylic acids is 2. The monoisotopic (exact) mass is 684 g/mol. The Balaban J connectivity index is 0.000000523. The number of benzene rings is 3. The van der Waals surface area contributed by atoms with Crippen LogP contribution in [0.5, 0.6) is 0 Å². The predicted molar refractivity (Wildman–Crippen MR) is 189 cm³/mol. The SMILES string of the molecule is C=CCC.CN(C)CCc1cn(CP(O)OCOC(=O)OCc2ccccc2)c2ccccc12.COCO.O=COCc1ccccc1. The van der Waals surface area contributed by atoms with E-state index >= 15 is 0 Å². The van der Waals surface area contributed by atoms with Crippen molar-refractivity contribution in [1.82, 2.24) is 9.47 Å². The van der Waals surface area contributed by atoms with E-state index in [0.29, 0.717) is 19.4 Å². The van der Waals surface area contributed by atoms with Crippen molar-refractivity contribution in [3.8, 4) is 0 Å². The van der Waals surface area contributed by atoms with Gasteiger partial charge in [-0.05, 0) is 49.7 Å². The number of aromatic nitrogens is 1. The molecular formula is C36H49N2O9P. The third-order valence-corrected chi connectivity index (χ3v) is 7.08. The molecule has 0 aliphatic carbocycles. The molecule has 1 unspecified atom stereocenters. The highest BCUT2D eigenvalue weighted by molar-refractivity contribution is 7.45. The van der Waals surface area contributed by atoms with Gasteiger partial charge in [-0.2, -0.15) is 0 Å². The third-order valence-electron chi connectivity index (χ3n) is 6.13. The molecule has 262 valence electrons. The molecule has 0 radical (unpaired) electrons. The first-order valence-corrected chi connectivity index (χ1v) is 16.6. The molecule has 4 aromatic rings. The zero-order chi connectivity index (χ0) is 35.4. The normalized spacial score (nSPS) is 10.6. The van der Waals surface area contributed by atoms with E-state index in [-0.39, 0.29) is 20.2 Å². The highest BCUT2D eigenvalue weighted by atomic mass is 31.2. The van der Waals surface area contributed by atoms with E-state index in [1.54, 1.807) is 0 Å². The molecule has 0 amide bonds. The van der Waals surface area contributed by atoms with E-state index in [0.717, 1.165) is 36.0 Å². The Morgan fingerprint density at radius 2 is 1.50 bits per heavy atom. The Kier molecular flexibility index (Phi) is 23.5. The fourth-order valence-electron chi connectivity index (χ4n) is 3.75. The van der Waals surface area contributed by atoms with Crippen LogP contribution in [-0.2, 0) is 54.2 Å². The molecule has 12 heteroatoms. The summed E-state index contributed by atoms with van der Waals surface area (Å²) in [4.78, 5) is 33.8. The lowest BCUT2D eigenvalue weighted by Crippen LogP contribution is -2.14. The summed E-state index contributed by atoms with van der Waals surface area (Å²) in [7, 11) is 3.72. The first-order chi connectivity index (χ1) is 23.3. The second-order valence-electron chi connectivity index (χ2n) is 10.1. The first-order valence-electron chi connectivity index (χ1n) is 15.2. The predicted octanol–water partition coefficient (Wildman–Crippen LogP) is 6.86. The van der Waals surface area contributed by atoms with E-state index < -0.39 is 14.5 Å². The average Bonchev–Trinajstić information content (AvgIpc) is 3.47. The fraction of sp³-hybridized carbons (Fsp3) is 0.333. The van der Waals surface area contributed by atoms with Crippen molar-refractivity contribution in [1.29, 1.82) is 0 Å². The number of hydrogen-bond donors (Lipinski definition) is 2. The minimum Gasteiger partial charge on any atom is -0.463 e. The topological polar surface area (TPSA) is 129 Å². The van der Waals surface area contributed by atoms with Crippen molar-refractivity contribution >= 4 is 31.9 Å². The molecule has 0 spiro atoms. The van der Waals surface area contributed by atoms with Gasteiger partial charge in [-0.1, -0.05) is 91.9 Å². The molecule has 4 rings (SSSR count). The zero-order valence-corrected chi connectivity index (χ0v) is 29.2. The molecule has 1 aromatic heterocycles. The van der Waals surface area contributed by atoms with Crippen LogP contribution in [0.2, 0.25) is 0 Å². The highest BCUT2D eigenvalue weighted by Crippen LogP contribution is 2.36. The smallest absolute Gasteiger partial charge is 0.463 e. The molecule has 2 N–H and O–H groups in total. The van der Waals surface area contributed by atoms with Crippen LogP contribution in [0.4, 0.5) is 4.79 Å². The number of ether oxygens (including phenoxy) is 4. The van der Waals surface area contributed by atoms with Crippen LogP contribution < -0.4 is 0 Å². The van der Waals surface area contributed by atoms with Gasteiger partial charge >= 0.3 is 6.16 Å². The minimum absolute atomic E-state index is 0.124. The van der Waals surface area contributed by atoms with Crippen LogP contribution in [0, 0.1) is 0 Å². The zero-order valence-electron chi connectivity index (χ0n) is 28.3. The first kappa shape index (κ1) is 41.9. The van der Waals surface area contributed by atoms with Crippen LogP contribution >= 0.6 is 8.38 Å². The van der Waals surface area contributed by atoms with Gasteiger partial charge < -0.3 is 38.4 Å². The Morgan fingerprint density at radius 3 is 2.04 bits per heavy atom. The summed E-state index contributed by atoms with van der Waals surface area (Å²) in [5, 5.41) is 8.82. The number of aliphatic hydroxyl groups excluding tert-OH is 1. The number of allylic oxidation sites excluding steroid dienone is 1. The van der Waals surface area contributed by atoms with Crippen LogP contribution in [0.15, 0.2) is 104 Å². The molecule has 1 heterocycles. The summed E-state index contributed by atoms with van der Waals surface area (Å²) in [6.07, 6.45) is 5.39. The molecule has 48 heavy (non-hydrogen) atoms. The molecule has 0 saturated heterocycles. The van der Waals surface area contributed by atoms with Gasteiger partial charge in [0, 0.05) is 30.8 Å². The minimum atomic E-state index is -1.80. The number of hydrogen-bond acceptors (Lipinski definition) is 10. The maximum Gasteiger partial charge on any atom is 0.510 e. The van der Waals surface area contributed by atoms with Crippen molar-refractivity contribution in [2.24, 2.45) is 0 Å². The standard InChI is InChI=1S/C22H27N2O5P.C8H8O2.C4H8.C2H6O2/c1-23(2)13-12-19-14-24(21-11-7-6-10-20(19)21)16-30(26)29-17-28-22(25)27-15-18-8-4-3-5-9-18;9-7-10-6-8-4-2-1-3-5-8;1-3-4-2;1-4-2-3/h3-11,14,26H,12-13,15-17H2,1-2H3;1-5,7H,6H2;3H,1,4H2,2H3;3H,2H2,1H3. The summed E-state index contributed by atoms with van der Waals surface area (Å²) >= 11 is 0. The summed E-state index contributed by atoms with van der Waals surface area (Å²) in [6.45, 7) is 6.88. The number of methoxy groups -OCH3 is 1. The highest BCUT2D eigenvalue weighted by Gasteiger charge is 2.14. The molecule has 0 aliphatic heterocycles. The fourth-order valence-corrected chi connectivity index (χ4v) is 4.50. The van der Waals surface area contributed by atoms with Crippen molar-refractivity contribution < 1.29 is 43.1 Å². The second kappa shape index (κ2) is 26.9. The molecule has 1 atom stereocenters. The van der Waals surface area contributed by atoms with Crippen LogP contribution in [0.1, 0.15) is 30.0 Å². The van der Waals surface area contributed by atoms with Crippen molar-refractivity contribution in [2.75, 3.05) is 41.3 Å². The number of nitrogens with zero attached hydrogens (tertiary/aromatic N) is 2. The van der Waals surface area contributed by atoms with Gasteiger partial charge in [-0.15, -0.1) is 6.58 Å². The van der Waals surface area contributed by atoms with Crippen molar-refractivity contribution in [3.63, 3.8) is 0 Å². The lowest BCUT2D eigenvalue weighted by atomic mass is 10.1. The molecular weight excluding hydrogens is 635 g/mol. The van der Waals surface area contributed by atoms with E-state index in [9.17, 15) is 14.5 Å². The van der Waals surface area contributed by atoms with Gasteiger partial charge in [0.25, 0.3) is 6.47 Å². The molecule has 11 nitrogen and oxygen atoms in total. The Labute approximate surface area is 285 Å². The van der Waals surface area contributed by atoms with Crippen LogP contribution in [0.3, 0.4) is 0 Å².